The van der Waals surface area contributed by atoms with Gasteiger partial charge in [-0.05, 0) is 50.1 Å². The summed E-state index contributed by atoms with van der Waals surface area (Å²) in [5, 5.41) is 5.87. The maximum Gasteiger partial charge on any atom is 0.0677 e. The van der Waals surface area contributed by atoms with Crippen LogP contribution in [0, 0.1) is 13.8 Å². The first kappa shape index (κ1) is 14.4. The Balaban J connectivity index is 2.31. The van der Waals surface area contributed by atoms with Crippen LogP contribution in [0.25, 0.3) is 0 Å². The standard InChI is InChI=1S/C14H17Cl2N3/c1-9-13(5-6-17)10(2)19(18-9)8-11-3-4-12(15)7-14(11)16/h3-4,7H,5-6,8,17H2,1-2H3. The van der Waals surface area contributed by atoms with E-state index in [1.54, 1.807) is 6.07 Å². The van der Waals surface area contributed by atoms with Gasteiger partial charge < -0.3 is 5.73 Å². The topological polar surface area (TPSA) is 43.8 Å². The molecule has 0 aliphatic heterocycles. The summed E-state index contributed by atoms with van der Waals surface area (Å²) in [7, 11) is 0. The minimum atomic E-state index is 0.634. The first-order valence-electron chi connectivity index (χ1n) is 6.19. The molecule has 102 valence electrons. The van der Waals surface area contributed by atoms with Crippen LogP contribution in [0.4, 0.5) is 0 Å². The molecular formula is C14H17Cl2N3. The molecule has 0 saturated heterocycles. The molecule has 0 aliphatic carbocycles. The maximum absolute atomic E-state index is 6.19. The molecule has 0 radical (unpaired) electrons. The third-order valence-electron chi connectivity index (χ3n) is 3.26. The van der Waals surface area contributed by atoms with Crippen LogP contribution >= 0.6 is 23.2 Å². The van der Waals surface area contributed by atoms with E-state index in [0.717, 1.165) is 23.4 Å². The zero-order valence-corrected chi connectivity index (χ0v) is 12.6. The van der Waals surface area contributed by atoms with E-state index in [1.807, 2.05) is 23.7 Å². The van der Waals surface area contributed by atoms with Crippen LogP contribution in [0.5, 0.6) is 0 Å². The third-order valence-corrected chi connectivity index (χ3v) is 3.85. The minimum absolute atomic E-state index is 0.634. The first-order chi connectivity index (χ1) is 9.02. The molecule has 5 heteroatoms. The Morgan fingerprint density at radius 2 is 2.00 bits per heavy atom. The molecule has 0 atom stereocenters. The number of benzene rings is 1. The fourth-order valence-corrected chi connectivity index (χ4v) is 2.67. The van der Waals surface area contributed by atoms with Crippen LogP contribution in [0.3, 0.4) is 0 Å². The zero-order valence-electron chi connectivity index (χ0n) is 11.1. The van der Waals surface area contributed by atoms with Crippen LogP contribution in [0.2, 0.25) is 10.0 Å². The lowest BCUT2D eigenvalue weighted by Crippen LogP contribution is -2.07. The van der Waals surface area contributed by atoms with Gasteiger partial charge in [0.1, 0.15) is 0 Å². The smallest absolute Gasteiger partial charge is 0.0677 e. The minimum Gasteiger partial charge on any atom is -0.330 e. The van der Waals surface area contributed by atoms with Crippen LogP contribution in [0.15, 0.2) is 18.2 Å². The summed E-state index contributed by atoms with van der Waals surface area (Å²) in [5.74, 6) is 0. The molecule has 3 nitrogen and oxygen atoms in total. The average Bonchev–Trinajstić information content (AvgIpc) is 2.61. The molecule has 1 aromatic carbocycles. The van der Waals surface area contributed by atoms with E-state index in [1.165, 1.54) is 5.56 Å². The Morgan fingerprint density at radius 3 is 2.63 bits per heavy atom. The molecule has 0 saturated carbocycles. The highest BCUT2D eigenvalue weighted by atomic mass is 35.5. The highest BCUT2D eigenvalue weighted by Gasteiger charge is 2.12. The maximum atomic E-state index is 6.19. The van der Waals surface area contributed by atoms with Gasteiger partial charge in [0.05, 0.1) is 12.2 Å². The third kappa shape index (κ3) is 3.11. The molecule has 0 unspecified atom stereocenters. The van der Waals surface area contributed by atoms with E-state index in [9.17, 15) is 0 Å². The fourth-order valence-electron chi connectivity index (χ4n) is 2.21. The van der Waals surface area contributed by atoms with Gasteiger partial charge in [-0.25, -0.2) is 0 Å². The highest BCUT2D eigenvalue weighted by molar-refractivity contribution is 6.35. The van der Waals surface area contributed by atoms with Gasteiger partial charge in [-0.3, -0.25) is 4.68 Å². The van der Waals surface area contributed by atoms with Gasteiger partial charge in [0.25, 0.3) is 0 Å². The van der Waals surface area contributed by atoms with Crippen molar-refractivity contribution < 1.29 is 0 Å². The molecule has 2 N–H and O–H groups in total. The number of halogens is 2. The molecule has 1 heterocycles. The van der Waals surface area contributed by atoms with Gasteiger partial charge in [0, 0.05) is 15.7 Å². The number of hydrogen-bond acceptors (Lipinski definition) is 2. The van der Waals surface area contributed by atoms with Gasteiger partial charge in [0.2, 0.25) is 0 Å². The molecule has 19 heavy (non-hydrogen) atoms. The Morgan fingerprint density at radius 1 is 1.26 bits per heavy atom. The van der Waals surface area contributed by atoms with Crippen LogP contribution < -0.4 is 5.73 Å². The lowest BCUT2D eigenvalue weighted by atomic mass is 10.1. The van der Waals surface area contributed by atoms with Crippen molar-refractivity contribution in [3.63, 3.8) is 0 Å². The number of aryl methyl sites for hydroxylation is 1. The van der Waals surface area contributed by atoms with Gasteiger partial charge in [-0.2, -0.15) is 5.10 Å². The summed E-state index contributed by atoms with van der Waals surface area (Å²) >= 11 is 12.1. The molecule has 0 spiro atoms. The van der Waals surface area contributed by atoms with Crippen molar-refractivity contribution in [1.29, 1.82) is 0 Å². The van der Waals surface area contributed by atoms with Gasteiger partial charge in [-0.1, -0.05) is 29.3 Å². The van der Waals surface area contributed by atoms with Crippen molar-refractivity contribution >= 4 is 23.2 Å². The first-order valence-corrected chi connectivity index (χ1v) is 6.95. The van der Waals surface area contributed by atoms with E-state index in [4.69, 9.17) is 28.9 Å². The number of nitrogens with zero attached hydrogens (tertiary/aromatic N) is 2. The highest BCUT2D eigenvalue weighted by Crippen LogP contribution is 2.23. The summed E-state index contributed by atoms with van der Waals surface area (Å²) in [6.45, 7) is 5.36. The Labute approximate surface area is 123 Å². The molecule has 0 bridgehead atoms. The predicted molar refractivity (Wildman–Crippen MR) is 80.0 cm³/mol. The lowest BCUT2D eigenvalue weighted by molar-refractivity contribution is 0.658. The number of nitrogens with two attached hydrogens (primary N) is 1. The van der Waals surface area contributed by atoms with E-state index in [0.29, 0.717) is 23.1 Å². The second kappa shape index (κ2) is 5.95. The molecular weight excluding hydrogens is 281 g/mol. The van der Waals surface area contributed by atoms with Crippen LogP contribution in [-0.4, -0.2) is 16.3 Å². The molecule has 0 aliphatic rings. The molecule has 2 aromatic rings. The van der Waals surface area contributed by atoms with Crippen molar-refractivity contribution in [2.24, 2.45) is 5.73 Å². The predicted octanol–water partition coefficient (Wildman–Crippen LogP) is 3.36. The summed E-state index contributed by atoms with van der Waals surface area (Å²) < 4.78 is 1.97. The van der Waals surface area contributed by atoms with E-state index >= 15 is 0 Å². The summed E-state index contributed by atoms with van der Waals surface area (Å²) in [6.07, 6.45) is 0.853. The average molecular weight is 298 g/mol. The quantitative estimate of drug-likeness (QED) is 0.940. The van der Waals surface area contributed by atoms with Crippen LogP contribution in [-0.2, 0) is 13.0 Å². The second-order valence-corrected chi connectivity index (χ2v) is 5.43. The normalized spacial score (nSPS) is 11.0. The summed E-state index contributed by atoms with van der Waals surface area (Å²) in [4.78, 5) is 0. The van der Waals surface area contributed by atoms with Crippen molar-refractivity contribution in [3.8, 4) is 0 Å². The summed E-state index contributed by atoms with van der Waals surface area (Å²) in [5.41, 5.74) is 10.0. The molecule has 0 fully saturated rings. The van der Waals surface area contributed by atoms with Crippen molar-refractivity contribution in [3.05, 3.63) is 50.8 Å². The second-order valence-electron chi connectivity index (χ2n) is 4.58. The van der Waals surface area contributed by atoms with E-state index in [-0.39, 0.29) is 0 Å². The van der Waals surface area contributed by atoms with Crippen molar-refractivity contribution in [2.45, 2.75) is 26.8 Å². The van der Waals surface area contributed by atoms with Gasteiger partial charge >= 0.3 is 0 Å². The lowest BCUT2D eigenvalue weighted by Gasteiger charge is -2.07. The van der Waals surface area contributed by atoms with Gasteiger partial charge in [-0.15, -0.1) is 0 Å². The Hall–Kier alpha value is -1.03. The van der Waals surface area contributed by atoms with Crippen molar-refractivity contribution in [1.82, 2.24) is 9.78 Å². The van der Waals surface area contributed by atoms with E-state index < -0.39 is 0 Å². The Kier molecular flexibility index (Phi) is 4.50. The zero-order chi connectivity index (χ0) is 14.0. The molecule has 2 rings (SSSR count). The molecule has 0 amide bonds. The number of hydrogen-bond donors (Lipinski definition) is 1. The summed E-state index contributed by atoms with van der Waals surface area (Å²) in [6, 6.07) is 5.53. The fraction of sp³-hybridized carbons (Fsp3) is 0.357. The van der Waals surface area contributed by atoms with Crippen LogP contribution in [0.1, 0.15) is 22.5 Å². The Bertz CT molecular complexity index is 591. The number of rotatable bonds is 4. The largest absolute Gasteiger partial charge is 0.330 e. The van der Waals surface area contributed by atoms with Gasteiger partial charge in [0.15, 0.2) is 0 Å². The molecule has 1 aromatic heterocycles. The number of aromatic nitrogens is 2. The monoisotopic (exact) mass is 297 g/mol. The van der Waals surface area contributed by atoms with E-state index in [2.05, 4.69) is 12.0 Å². The SMILES string of the molecule is Cc1nn(Cc2ccc(Cl)cc2Cl)c(C)c1CCN. The van der Waals surface area contributed by atoms with Crippen molar-refractivity contribution in [2.75, 3.05) is 6.54 Å².